The van der Waals surface area contributed by atoms with Crippen molar-refractivity contribution in [1.29, 1.82) is 0 Å². The van der Waals surface area contributed by atoms with Crippen LogP contribution < -0.4 is 10.6 Å². The molecule has 3 rings (SSSR count). The average Bonchev–Trinajstić information content (AvgIpc) is 2.99. The van der Waals surface area contributed by atoms with Crippen LogP contribution >= 0.6 is 0 Å². The number of nitrogens with zero attached hydrogens (tertiary/aromatic N) is 4. The van der Waals surface area contributed by atoms with E-state index in [9.17, 15) is 0 Å². The van der Waals surface area contributed by atoms with E-state index in [0.29, 0.717) is 6.54 Å². The van der Waals surface area contributed by atoms with Crippen LogP contribution in [0.5, 0.6) is 0 Å². The molecule has 0 saturated heterocycles. The maximum absolute atomic E-state index is 4.72. The molecule has 6 heteroatoms. The van der Waals surface area contributed by atoms with Crippen LogP contribution in [0.25, 0.3) is 0 Å². The van der Waals surface area contributed by atoms with Crippen LogP contribution in [0.4, 0.5) is 0 Å². The second kappa shape index (κ2) is 9.69. The third-order valence-electron chi connectivity index (χ3n) is 4.76. The monoisotopic (exact) mass is 376 g/mol. The van der Waals surface area contributed by atoms with Gasteiger partial charge < -0.3 is 10.6 Å². The van der Waals surface area contributed by atoms with Crippen LogP contribution in [0.2, 0.25) is 0 Å². The van der Waals surface area contributed by atoms with Crippen molar-refractivity contribution in [2.24, 2.45) is 4.99 Å². The van der Waals surface area contributed by atoms with Crippen LogP contribution in [0.1, 0.15) is 28.2 Å². The second-order valence-electron chi connectivity index (χ2n) is 6.72. The lowest BCUT2D eigenvalue weighted by atomic mass is 10.2. The van der Waals surface area contributed by atoms with E-state index in [1.165, 1.54) is 16.8 Å². The van der Waals surface area contributed by atoms with Crippen LogP contribution in [-0.2, 0) is 19.5 Å². The van der Waals surface area contributed by atoms with Crippen molar-refractivity contribution in [1.82, 2.24) is 25.4 Å². The van der Waals surface area contributed by atoms with Crippen LogP contribution in [0.15, 0.2) is 59.7 Å². The minimum absolute atomic E-state index is 0.690. The Labute approximate surface area is 166 Å². The van der Waals surface area contributed by atoms with E-state index >= 15 is 0 Å². The molecule has 2 N–H and O–H groups in total. The molecule has 0 unspecified atom stereocenters. The van der Waals surface area contributed by atoms with Gasteiger partial charge in [0, 0.05) is 49.7 Å². The Hall–Kier alpha value is -3.15. The number of guanidine groups is 1. The highest BCUT2D eigenvalue weighted by atomic mass is 15.3. The summed E-state index contributed by atoms with van der Waals surface area (Å²) in [7, 11) is 1.79. The quantitative estimate of drug-likeness (QED) is 0.492. The molecule has 0 fully saturated rings. The van der Waals surface area contributed by atoms with E-state index in [0.717, 1.165) is 36.9 Å². The van der Waals surface area contributed by atoms with E-state index in [1.807, 2.05) is 30.5 Å². The SMILES string of the molecule is CN=C(NCCc1ccccn1)NCc1c(C)nn(Cc2ccccc2)c1C. The molecule has 0 aliphatic carbocycles. The Morgan fingerprint density at radius 3 is 2.54 bits per heavy atom. The van der Waals surface area contributed by atoms with Crippen LogP contribution in [-0.4, -0.2) is 34.3 Å². The van der Waals surface area contributed by atoms with E-state index in [1.54, 1.807) is 7.05 Å². The Kier molecular flexibility index (Phi) is 6.78. The molecule has 0 bridgehead atoms. The van der Waals surface area contributed by atoms with E-state index in [-0.39, 0.29) is 0 Å². The summed E-state index contributed by atoms with van der Waals surface area (Å²) in [5.74, 6) is 0.783. The molecule has 0 atom stereocenters. The first-order chi connectivity index (χ1) is 13.7. The van der Waals surface area contributed by atoms with Gasteiger partial charge in [-0.25, -0.2) is 0 Å². The fraction of sp³-hybridized carbons (Fsp3) is 0.318. The average molecular weight is 377 g/mol. The smallest absolute Gasteiger partial charge is 0.191 e. The van der Waals surface area contributed by atoms with Crippen LogP contribution in [0.3, 0.4) is 0 Å². The highest BCUT2D eigenvalue weighted by molar-refractivity contribution is 5.79. The lowest BCUT2D eigenvalue weighted by molar-refractivity contribution is 0.657. The normalized spacial score (nSPS) is 11.5. The summed E-state index contributed by atoms with van der Waals surface area (Å²) in [6, 6.07) is 16.4. The van der Waals surface area contributed by atoms with Crippen molar-refractivity contribution in [3.8, 4) is 0 Å². The highest BCUT2D eigenvalue weighted by Gasteiger charge is 2.12. The van der Waals surface area contributed by atoms with E-state index in [2.05, 4.69) is 63.4 Å². The lowest BCUT2D eigenvalue weighted by Crippen LogP contribution is -2.38. The first-order valence-corrected chi connectivity index (χ1v) is 9.58. The summed E-state index contributed by atoms with van der Waals surface area (Å²) in [4.78, 5) is 8.66. The largest absolute Gasteiger partial charge is 0.356 e. The molecular weight excluding hydrogens is 348 g/mol. The topological polar surface area (TPSA) is 67.1 Å². The summed E-state index contributed by atoms with van der Waals surface area (Å²) in [6.45, 7) is 6.43. The second-order valence-corrected chi connectivity index (χ2v) is 6.72. The fourth-order valence-corrected chi connectivity index (χ4v) is 3.15. The van der Waals surface area contributed by atoms with Crippen molar-refractivity contribution in [3.63, 3.8) is 0 Å². The minimum atomic E-state index is 0.690. The Bertz CT molecular complexity index is 900. The summed E-state index contributed by atoms with van der Waals surface area (Å²) < 4.78 is 2.07. The number of rotatable bonds is 7. The van der Waals surface area contributed by atoms with Gasteiger partial charge in [-0.15, -0.1) is 0 Å². The Morgan fingerprint density at radius 1 is 1.04 bits per heavy atom. The number of benzene rings is 1. The van der Waals surface area contributed by atoms with Gasteiger partial charge in [-0.05, 0) is 31.5 Å². The Balaban J connectivity index is 1.55. The molecule has 0 saturated carbocycles. The molecule has 6 nitrogen and oxygen atoms in total. The predicted octanol–water partition coefficient (Wildman–Crippen LogP) is 2.85. The van der Waals surface area contributed by atoms with Crippen molar-refractivity contribution in [2.75, 3.05) is 13.6 Å². The van der Waals surface area contributed by atoms with Crippen molar-refractivity contribution >= 4 is 5.96 Å². The van der Waals surface area contributed by atoms with Gasteiger partial charge in [-0.1, -0.05) is 36.4 Å². The third kappa shape index (κ3) is 5.19. The molecule has 28 heavy (non-hydrogen) atoms. The zero-order valence-electron chi connectivity index (χ0n) is 16.8. The highest BCUT2D eigenvalue weighted by Crippen LogP contribution is 2.14. The minimum Gasteiger partial charge on any atom is -0.356 e. The third-order valence-corrected chi connectivity index (χ3v) is 4.76. The number of hydrogen-bond acceptors (Lipinski definition) is 3. The number of aliphatic imine (C=N–C) groups is 1. The zero-order chi connectivity index (χ0) is 19.8. The van der Waals surface area contributed by atoms with E-state index in [4.69, 9.17) is 5.10 Å². The molecule has 0 aliphatic heterocycles. The van der Waals surface area contributed by atoms with Gasteiger partial charge in [0.1, 0.15) is 0 Å². The molecule has 0 amide bonds. The maximum atomic E-state index is 4.72. The predicted molar refractivity (Wildman–Crippen MR) is 113 cm³/mol. The molecule has 1 aromatic carbocycles. The molecule has 2 aromatic heterocycles. The summed E-state index contributed by atoms with van der Waals surface area (Å²) >= 11 is 0. The van der Waals surface area contributed by atoms with Gasteiger partial charge in [-0.2, -0.15) is 5.10 Å². The van der Waals surface area contributed by atoms with Gasteiger partial charge in [0.25, 0.3) is 0 Å². The lowest BCUT2D eigenvalue weighted by Gasteiger charge is -2.12. The van der Waals surface area contributed by atoms with Gasteiger partial charge in [0.15, 0.2) is 5.96 Å². The van der Waals surface area contributed by atoms with Crippen molar-refractivity contribution < 1.29 is 0 Å². The summed E-state index contributed by atoms with van der Waals surface area (Å²) in [6.07, 6.45) is 2.68. The number of hydrogen-bond donors (Lipinski definition) is 2. The summed E-state index contributed by atoms with van der Waals surface area (Å²) in [5, 5.41) is 11.5. The first kappa shape index (κ1) is 19.6. The molecule has 0 spiro atoms. The molecular formula is C22H28N6. The Morgan fingerprint density at radius 2 is 1.82 bits per heavy atom. The molecule has 3 aromatic rings. The van der Waals surface area contributed by atoms with Crippen LogP contribution in [0, 0.1) is 13.8 Å². The van der Waals surface area contributed by atoms with Gasteiger partial charge >= 0.3 is 0 Å². The maximum Gasteiger partial charge on any atom is 0.191 e. The van der Waals surface area contributed by atoms with Crippen molar-refractivity contribution in [2.45, 2.75) is 33.4 Å². The molecule has 0 radical (unpaired) electrons. The molecule has 2 heterocycles. The standard InChI is InChI=1S/C22H28N6/c1-17-21(18(2)28(27-17)16-19-9-5-4-6-10-19)15-26-22(23-3)25-14-12-20-11-7-8-13-24-20/h4-11,13H,12,14-16H2,1-3H3,(H2,23,25,26). The summed E-state index contributed by atoms with van der Waals surface area (Å²) in [5.41, 5.74) is 5.75. The van der Waals surface area contributed by atoms with Gasteiger partial charge in [-0.3, -0.25) is 14.7 Å². The van der Waals surface area contributed by atoms with Gasteiger partial charge in [0.05, 0.1) is 12.2 Å². The number of aromatic nitrogens is 3. The molecule has 0 aliphatic rings. The zero-order valence-corrected chi connectivity index (χ0v) is 16.8. The number of pyridine rings is 1. The molecule has 146 valence electrons. The van der Waals surface area contributed by atoms with E-state index < -0.39 is 0 Å². The van der Waals surface area contributed by atoms with Gasteiger partial charge in [0.2, 0.25) is 0 Å². The number of nitrogens with one attached hydrogen (secondary N) is 2. The number of aryl methyl sites for hydroxylation is 1. The first-order valence-electron chi connectivity index (χ1n) is 9.58. The van der Waals surface area contributed by atoms with Crippen molar-refractivity contribution in [3.05, 3.63) is 82.9 Å². The fourth-order valence-electron chi connectivity index (χ4n) is 3.15.